The van der Waals surface area contributed by atoms with Gasteiger partial charge in [-0.1, -0.05) is 11.8 Å². The van der Waals surface area contributed by atoms with Crippen molar-refractivity contribution in [3.63, 3.8) is 0 Å². The van der Waals surface area contributed by atoms with Crippen molar-refractivity contribution in [2.75, 3.05) is 6.61 Å². The monoisotopic (exact) mass is 281 g/mol. The summed E-state index contributed by atoms with van der Waals surface area (Å²) in [5, 5.41) is 11.5. The van der Waals surface area contributed by atoms with Gasteiger partial charge in [0.1, 0.15) is 5.69 Å². The molecule has 0 radical (unpaired) electrons. The average Bonchev–Trinajstić information content (AvgIpc) is 2.54. The molecule has 0 saturated carbocycles. The van der Waals surface area contributed by atoms with Crippen molar-refractivity contribution in [2.24, 2.45) is 0 Å². The molecule has 0 aliphatic carbocycles. The van der Waals surface area contributed by atoms with Crippen molar-refractivity contribution in [1.82, 2.24) is 15.3 Å². The molecule has 21 heavy (non-hydrogen) atoms. The molecule has 0 bridgehead atoms. The average molecular weight is 281 g/mol. The highest BCUT2D eigenvalue weighted by molar-refractivity contribution is 5.94. The standard InChI is InChI=1S/C16H15N3O2/c20-11-2-1-4-14-5-3-8-18-15(14)16(21)19-12-13-6-9-17-10-7-13/h3,5-10,20H,2,11-12H2,(H,19,21). The minimum Gasteiger partial charge on any atom is -0.395 e. The number of nitrogens with zero attached hydrogens (tertiary/aromatic N) is 2. The molecule has 0 spiro atoms. The van der Waals surface area contributed by atoms with E-state index in [-0.39, 0.29) is 18.2 Å². The van der Waals surface area contributed by atoms with E-state index >= 15 is 0 Å². The Morgan fingerprint density at radius 2 is 2.05 bits per heavy atom. The van der Waals surface area contributed by atoms with Crippen molar-refractivity contribution in [3.05, 3.63) is 59.7 Å². The van der Waals surface area contributed by atoms with Crippen LogP contribution in [0.3, 0.4) is 0 Å². The third-order valence-corrected chi connectivity index (χ3v) is 2.69. The Bertz CT molecular complexity index is 660. The third kappa shape index (κ3) is 4.41. The summed E-state index contributed by atoms with van der Waals surface area (Å²) in [5.41, 5.74) is 1.80. The van der Waals surface area contributed by atoms with E-state index in [2.05, 4.69) is 27.1 Å². The maximum Gasteiger partial charge on any atom is 0.271 e. The van der Waals surface area contributed by atoms with Crippen LogP contribution in [0.4, 0.5) is 0 Å². The molecule has 0 atom stereocenters. The Balaban J connectivity index is 2.07. The number of rotatable bonds is 4. The van der Waals surface area contributed by atoms with Crippen LogP contribution in [-0.4, -0.2) is 27.6 Å². The number of aliphatic hydroxyl groups is 1. The quantitative estimate of drug-likeness (QED) is 0.824. The maximum absolute atomic E-state index is 12.2. The Morgan fingerprint density at radius 3 is 2.81 bits per heavy atom. The lowest BCUT2D eigenvalue weighted by Crippen LogP contribution is -2.24. The van der Waals surface area contributed by atoms with E-state index in [4.69, 9.17) is 5.11 Å². The van der Waals surface area contributed by atoms with Crippen molar-refractivity contribution in [1.29, 1.82) is 0 Å². The highest BCUT2D eigenvalue weighted by Gasteiger charge is 2.10. The highest BCUT2D eigenvalue weighted by atomic mass is 16.2. The van der Waals surface area contributed by atoms with Crippen molar-refractivity contribution in [3.8, 4) is 11.8 Å². The van der Waals surface area contributed by atoms with Gasteiger partial charge >= 0.3 is 0 Å². The number of aromatic nitrogens is 2. The number of pyridine rings is 2. The summed E-state index contributed by atoms with van der Waals surface area (Å²) in [4.78, 5) is 20.2. The van der Waals surface area contributed by atoms with Gasteiger partial charge in [-0.25, -0.2) is 4.98 Å². The molecule has 0 aliphatic heterocycles. The van der Waals surface area contributed by atoms with Gasteiger partial charge in [-0.3, -0.25) is 9.78 Å². The second-order valence-corrected chi connectivity index (χ2v) is 4.21. The first-order valence-corrected chi connectivity index (χ1v) is 6.53. The molecule has 2 heterocycles. The number of carbonyl (C=O) groups excluding carboxylic acids is 1. The smallest absolute Gasteiger partial charge is 0.271 e. The molecule has 0 aliphatic rings. The summed E-state index contributed by atoms with van der Waals surface area (Å²) in [6, 6.07) is 7.13. The predicted octanol–water partition coefficient (Wildman–Crippen LogP) is 1.14. The summed E-state index contributed by atoms with van der Waals surface area (Å²) < 4.78 is 0. The molecule has 2 aromatic heterocycles. The number of amides is 1. The van der Waals surface area contributed by atoms with Gasteiger partial charge in [0.15, 0.2) is 0 Å². The first kappa shape index (κ1) is 14.7. The van der Waals surface area contributed by atoms with E-state index in [0.717, 1.165) is 5.56 Å². The van der Waals surface area contributed by atoms with Gasteiger partial charge in [0.2, 0.25) is 0 Å². The molecule has 0 unspecified atom stereocenters. The van der Waals surface area contributed by atoms with Crippen LogP contribution in [0.15, 0.2) is 42.9 Å². The summed E-state index contributed by atoms with van der Waals surface area (Å²) in [7, 11) is 0. The van der Waals surface area contributed by atoms with Gasteiger partial charge in [-0.2, -0.15) is 0 Å². The highest BCUT2D eigenvalue weighted by Crippen LogP contribution is 2.04. The van der Waals surface area contributed by atoms with Crippen molar-refractivity contribution < 1.29 is 9.90 Å². The molecule has 2 rings (SSSR count). The lowest BCUT2D eigenvalue weighted by atomic mass is 10.1. The lowest BCUT2D eigenvalue weighted by Gasteiger charge is -2.06. The minimum absolute atomic E-state index is 0.00314. The first-order valence-electron chi connectivity index (χ1n) is 6.53. The third-order valence-electron chi connectivity index (χ3n) is 2.69. The number of nitrogens with one attached hydrogen (secondary N) is 1. The van der Waals surface area contributed by atoms with E-state index in [1.807, 2.05) is 12.1 Å². The number of carbonyl (C=O) groups is 1. The molecule has 5 nitrogen and oxygen atoms in total. The van der Waals surface area contributed by atoms with E-state index in [1.54, 1.807) is 30.7 Å². The molecular weight excluding hydrogens is 266 g/mol. The predicted molar refractivity (Wildman–Crippen MR) is 78.2 cm³/mol. The number of aliphatic hydroxyl groups excluding tert-OH is 1. The van der Waals surface area contributed by atoms with E-state index < -0.39 is 0 Å². The van der Waals surface area contributed by atoms with Crippen molar-refractivity contribution in [2.45, 2.75) is 13.0 Å². The fourth-order valence-corrected chi connectivity index (χ4v) is 1.67. The second kappa shape index (κ2) is 7.78. The minimum atomic E-state index is -0.277. The van der Waals surface area contributed by atoms with Crippen LogP contribution >= 0.6 is 0 Å². The Hall–Kier alpha value is -2.71. The Kier molecular flexibility index (Phi) is 5.44. The summed E-state index contributed by atoms with van der Waals surface area (Å²) >= 11 is 0. The molecule has 0 fully saturated rings. The van der Waals surface area contributed by atoms with Crippen LogP contribution < -0.4 is 5.32 Å². The maximum atomic E-state index is 12.2. The van der Waals surface area contributed by atoms with Gasteiger partial charge in [-0.05, 0) is 29.8 Å². The topological polar surface area (TPSA) is 75.1 Å². The number of hydrogen-bond donors (Lipinski definition) is 2. The molecule has 106 valence electrons. The van der Waals surface area contributed by atoms with Gasteiger partial charge in [0, 0.05) is 31.6 Å². The van der Waals surface area contributed by atoms with Crippen LogP contribution in [0.5, 0.6) is 0 Å². The van der Waals surface area contributed by atoms with Gasteiger partial charge in [0.25, 0.3) is 5.91 Å². The summed E-state index contributed by atoms with van der Waals surface area (Å²) in [6.45, 7) is 0.401. The molecular formula is C16H15N3O2. The van der Waals surface area contributed by atoms with Crippen LogP contribution in [0.25, 0.3) is 0 Å². The summed E-state index contributed by atoms with van der Waals surface area (Å²) in [6.07, 6.45) is 5.27. The zero-order chi connectivity index (χ0) is 14.9. The van der Waals surface area contributed by atoms with Gasteiger partial charge in [0.05, 0.1) is 12.2 Å². The molecule has 5 heteroatoms. The van der Waals surface area contributed by atoms with Crippen LogP contribution in [0.1, 0.15) is 28.0 Å². The van der Waals surface area contributed by atoms with E-state index in [9.17, 15) is 4.79 Å². The van der Waals surface area contributed by atoms with Gasteiger partial charge in [-0.15, -0.1) is 0 Å². The van der Waals surface area contributed by atoms with Crippen molar-refractivity contribution >= 4 is 5.91 Å². The normalized spacial score (nSPS) is 9.57. The van der Waals surface area contributed by atoms with Crippen LogP contribution in [-0.2, 0) is 6.54 Å². The zero-order valence-electron chi connectivity index (χ0n) is 11.4. The fraction of sp³-hybridized carbons (Fsp3) is 0.188. The first-order chi connectivity index (χ1) is 10.3. The fourth-order valence-electron chi connectivity index (χ4n) is 1.67. The Morgan fingerprint density at radius 1 is 1.24 bits per heavy atom. The summed E-state index contributed by atoms with van der Waals surface area (Å²) in [5.74, 6) is 5.36. The molecule has 2 aromatic rings. The second-order valence-electron chi connectivity index (χ2n) is 4.21. The molecule has 1 amide bonds. The van der Waals surface area contributed by atoms with Gasteiger partial charge < -0.3 is 10.4 Å². The number of hydrogen-bond acceptors (Lipinski definition) is 4. The van der Waals surface area contributed by atoms with E-state index in [0.29, 0.717) is 18.5 Å². The Labute approximate surface area is 123 Å². The molecule has 2 N–H and O–H groups in total. The lowest BCUT2D eigenvalue weighted by molar-refractivity contribution is 0.0945. The largest absolute Gasteiger partial charge is 0.395 e. The molecule has 0 saturated heterocycles. The zero-order valence-corrected chi connectivity index (χ0v) is 11.4. The van der Waals surface area contributed by atoms with E-state index in [1.165, 1.54) is 0 Å². The van der Waals surface area contributed by atoms with Crippen LogP contribution in [0, 0.1) is 11.8 Å². The van der Waals surface area contributed by atoms with Crippen LogP contribution in [0.2, 0.25) is 0 Å². The SMILES string of the molecule is O=C(NCc1ccncc1)c1ncccc1C#CCCO. The molecule has 0 aromatic carbocycles.